The topological polar surface area (TPSA) is 80.7 Å². The van der Waals surface area contributed by atoms with E-state index in [0.29, 0.717) is 12.2 Å². The lowest BCUT2D eigenvalue weighted by molar-refractivity contribution is 0.0698. The van der Waals surface area contributed by atoms with Gasteiger partial charge in [0.15, 0.2) is 4.88 Å². The second-order valence-corrected chi connectivity index (χ2v) is 7.52. The van der Waals surface area contributed by atoms with E-state index in [1.165, 1.54) is 0 Å². The van der Waals surface area contributed by atoms with Crippen molar-refractivity contribution in [1.29, 1.82) is 0 Å². The summed E-state index contributed by atoms with van der Waals surface area (Å²) in [6, 6.07) is 1.66. The fourth-order valence-electron chi connectivity index (χ4n) is 1.35. The number of hydrogen-bond donors (Lipinski definition) is 1. The summed E-state index contributed by atoms with van der Waals surface area (Å²) in [6.45, 7) is 3.60. The summed E-state index contributed by atoms with van der Waals surface area (Å²) in [4.78, 5) is 11.9. The van der Waals surface area contributed by atoms with E-state index in [0.717, 1.165) is 16.2 Å². The Morgan fingerprint density at radius 2 is 2.17 bits per heavy atom. The van der Waals surface area contributed by atoms with Crippen molar-refractivity contribution in [3.8, 4) is 5.75 Å². The van der Waals surface area contributed by atoms with E-state index < -0.39 is 15.8 Å². The number of carboxylic acid groups (broad SMARTS) is 1. The molecule has 0 atom stereocenters. The average Bonchev–Trinajstić information content (AvgIpc) is 2.66. The number of ether oxygens (including phenoxy) is 1. The minimum Gasteiger partial charge on any atom is -0.492 e. The summed E-state index contributed by atoms with van der Waals surface area (Å²) in [5, 5.41) is 8.94. The van der Waals surface area contributed by atoms with Gasteiger partial charge in [0.05, 0.1) is 12.4 Å². The largest absolute Gasteiger partial charge is 0.492 e. The van der Waals surface area contributed by atoms with E-state index in [4.69, 9.17) is 9.84 Å². The molecule has 18 heavy (non-hydrogen) atoms. The molecule has 1 rings (SSSR count). The van der Waals surface area contributed by atoms with Crippen LogP contribution in [0, 0.1) is 6.92 Å². The molecule has 7 heteroatoms. The van der Waals surface area contributed by atoms with Crippen LogP contribution in [0.5, 0.6) is 5.75 Å². The Bertz CT molecular complexity index is 516. The van der Waals surface area contributed by atoms with E-state index in [2.05, 4.69) is 0 Å². The third kappa shape index (κ3) is 4.30. The third-order valence-electron chi connectivity index (χ3n) is 2.31. The molecular formula is C11H16O5S2. The van der Waals surface area contributed by atoms with E-state index in [-0.39, 0.29) is 23.0 Å². The zero-order chi connectivity index (χ0) is 13.8. The maximum absolute atomic E-state index is 11.2. The number of aryl methyl sites for hydroxylation is 1. The quantitative estimate of drug-likeness (QED) is 0.777. The highest BCUT2D eigenvalue weighted by Gasteiger charge is 2.15. The van der Waals surface area contributed by atoms with Crippen LogP contribution in [0.15, 0.2) is 6.07 Å². The summed E-state index contributed by atoms with van der Waals surface area (Å²) in [5.41, 5.74) is 0. The highest BCUT2D eigenvalue weighted by molar-refractivity contribution is 7.91. The molecular weight excluding hydrogens is 276 g/mol. The summed E-state index contributed by atoms with van der Waals surface area (Å²) in [5.74, 6) is -0.525. The predicted molar refractivity (Wildman–Crippen MR) is 70.5 cm³/mol. The first kappa shape index (κ1) is 15.0. The monoisotopic (exact) mass is 292 g/mol. The summed E-state index contributed by atoms with van der Waals surface area (Å²) in [6.07, 6.45) is 0.365. The van der Waals surface area contributed by atoms with E-state index in [1.54, 1.807) is 19.9 Å². The molecule has 1 aromatic heterocycles. The smallest absolute Gasteiger partial charge is 0.349 e. The zero-order valence-electron chi connectivity index (χ0n) is 10.3. The minimum atomic E-state index is -2.99. The standard InChI is InChI=1S/C11H16O5S2/c1-3-18(14,15)6-4-5-16-9-7-8(2)17-10(9)11(12)13/h7H,3-6H2,1-2H3,(H,12,13). The fourth-order valence-corrected chi connectivity index (χ4v) is 2.99. The zero-order valence-corrected chi connectivity index (χ0v) is 11.9. The van der Waals surface area contributed by atoms with Crippen LogP contribution in [0.1, 0.15) is 27.9 Å². The number of thiophene rings is 1. The second-order valence-electron chi connectivity index (χ2n) is 3.79. The van der Waals surface area contributed by atoms with Crippen molar-refractivity contribution < 1.29 is 23.1 Å². The molecule has 0 bridgehead atoms. The van der Waals surface area contributed by atoms with Crippen LogP contribution in [-0.2, 0) is 9.84 Å². The maximum Gasteiger partial charge on any atom is 0.349 e. The van der Waals surface area contributed by atoms with Gasteiger partial charge in [-0.15, -0.1) is 11.3 Å². The third-order valence-corrected chi connectivity index (χ3v) is 5.12. The van der Waals surface area contributed by atoms with Gasteiger partial charge in [0.1, 0.15) is 15.6 Å². The van der Waals surface area contributed by atoms with Crippen LogP contribution in [0.3, 0.4) is 0 Å². The van der Waals surface area contributed by atoms with Crippen LogP contribution in [-0.4, -0.2) is 37.6 Å². The lowest BCUT2D eigenvalue weighted by atomic mass is 10.4. The SMILES string of the molecule is CCS(=O)(=O)CCCOc1cc(C)sc1C(=O)O. The highest BCUT2D eigenvalue weighted by Crippen LogP contribution is 2.28. The van der Waals surface area contributed by atoms with Gasteiger partial charge in [0.2, 0.25) is 0 Å². The molecule has 0 aliphatic rings. The van der Waals surface area contributed by atoms with Crippen LogP contribution < -0.4 is 4.74 Å². The van der Waals surface area contributed by atoms with Crippen molar-refractivity contribution in [2.24, 2.45) is 0 Å². The second kappa shape index (κ2) is 6.19. The number of sulfone groups is 1. The Morgan fingerprint density at radius 1 is 1.50 bits per heavy atom. The molecule has 0 unspecified atom stereocenters. The van der Waals surface area contributed by atoms with E-state index in [1.807, 2.05) is 0 Å². The van der Waals surface area contributed by atoms with Crippen LogP contribution >= 0.6 is 11.3 Å². The molecule has 5 nitrogen and oxygen atoms in total. The molecule has 0 aliphatic heterocycles. The van der Waals surface area contributed by atoms with Gasteiger partial charge in [-0.25, -0.2) is 13.2 Å². The maximum atomic E-state index is 11.2. The Kier molecular flexibility index (Phi) is 5.15. The lowest BCUT2D eigenvalue weighted by Gasteiger charge is -2.05. The van der Waals surface area contributed by atoms with Crippen molar-refractivity contribution in [2.45, 2.75) is 20.3 Å². The van der Waals surface area contributed by atoms with E-state index >= 15 is 0 Å². The number of rotatable bonds is 7. The van der Waals surface area contributed by atoms with Gasteiger partial charge in [0.25, 0.3) is 0 Å². The van der Waals surface area contributed by atoms with Gasteiger partial charge in [0, 0.05) is 10.6 Å². The number of carboxylic acids is 1. The molecule has 0 amide bonds. The summed E-state index contributed by atoms with van der Waals surface area (Å²) >= 11 is 1.15. The molecule has 102 valence electrons. The molecule has 0 spiro atoms. The summed E-state index contributed by atoms with van der Waals surface area (Å²) < 4.78 is 27.8. The van der Waals surface area contributed by atoms with Crippen molar-refractivity contribution >= 4 is 27.1 Å². The van der Waals surface area contributed by atoms with Gasteiger partial charge in [-0.3, -0.25) is 0 Å². The summed E-state index contributed by atoms with van der Waals surface area (Å²) in [7, 11) is -2.99. The molecule has 1 aromatic rings. The first-order valence-electron chi connectivity index (χ1n) is 5.52. The Hall–Kier alpha value is -1.08. The van der Waals surface area contributed by atoms with Gasteiger partial charge in [-0.1, -0.05) is 6.92 Å². The number of hydrogen-bond acceptors (Lipinski definition) is 5. The van der Waals surface area contributed by atoms with Gasteiger partial charge >= 0.3 is 5.97 Å². The van der Waals surface area contributed by atoms with Crippen molar-refractivity contribution in [3.63, 3.8) is 0 Å². The average molecular weight is 292 g/mol. The molecule has 1 heterocycles. The van der Waals surface area contributed by atoms with Crippen molar-refractivity contribution in [2.75, 3.05) is 18.1 Å². The molecule has 0 radical (unpaired) electrons. The highest BCUT2D eigenvalue weighted by atomic mass is 32.2. The van der Waals surface area contributed by atoms with Gasteiger partial charge in [-0.2, -0.15) is 0 Å². The Labute approximate surface area is 110 Å². The van der Waals surface area contributed by atoms with Gasteiger partial charge < -0.3 is 9.84 Å². The molecule has 1 N–H and O–H groups in total. The lowest BCUT2D eigenvalue weighted by Crippen LogP contribution is -2.12. The number of aromatic carboxylic acids is 1. The molecule has 0 saturated carbocycles. The van der Waals surface area contributed by atoms with Crippen LogP contribution in [0.25, 0.3) is 0 Å². The van der Waals surface area contributed by atoms with Crippen LogP contribution in [0.2, 0.25) is 0 Å². The predicted octanol–water partition coefficient (Wildman–Crippen LogP) is 1.96. The van der Waals surface area contributed by atoms with Crippen molar-refractivity contribution in [3.05, 3.63) is 15.8 Å². The number of carbonyl (C=O) groups is 1. The minimum absolute atomic E-state index is 0.0645. The van der Waals surface area contributed by atoms with Gasteiger partial charge in [-0.05, 0) is 19.4 Å². The van der Waals surface area contributed by atoms with E-state index in [9.17, 15) is 13.2 Å². The molecule has 0 saturated heterocycles. The fraction of sp³-hybridized carbons (Fsp3) is 0.545. The molecule has 0 aliphatic carbocycles. The first-order valence-corrected chi connectivity index (χ1v) is 8.16. The molecule has 0 aromatic carbocycles. The normalized spacial score (nSPS) is 11.4. The first-order chi connectivity index (χ1) is 8.35. The molecule has 0 fully saturated rings. The van der Waals surface area contributed by atoms with Crippen molar-refractivity contribution in [1.82, 2.24) is 0 Å². The Balaban J connectivity index is 2.52. The van der Waals surface area contributed by atoms with Crippen LogP contribution in [0.4, 0.5) is 0 Å². The Morgan fingerprint density at radius 3 is 2.72 bits per heavy atom.